The van der Waals surface area contributed by atoms with Gasteiger partial charge in [0.05, 0.1) is 0 Å². The first-order valence-corrected chi connectivity index (χ1v) is 8.29. The second kappa shape index (κ2) is 7.28. The summed E-state index contributed by atoms with van der Waals surface area (Å²) < 4.78 is 0. The summed E-state index contributed by atoms with van der Waals surface area (Å²) >= 11 is 0. The summed E-state index contributed by atoms with van der Waals surface area (Å²) in [6.45, 7) is 6.47. The first-order valence-electron chi connectivity index (χ1n) is 8.29. The van der Waals surface area contributed by atoms with Crippen molar-refractivity contribution in [2.75, 3.05) is 13.1 Å². The Kier molecular flexibility index (Phi) is 5.68. The molecule has 2 fully saturated rings. The van der Waals surface area contributed by atoms with E-state index in [2.05, 4.69) is 24.1 Å². The standard InChI is InChI=1S/C16H30N2O/c1-3-5-6-14(4-2)17-15-9-11-18(12-10-15)16(19)13-7-8-13/h13-15,17H,3-12H2,1-2H3. The Bertz CT molecular complexity index is 280. The Morgan fingerprint density at radius 1 is 1.21 bits per heavy atom. The predicted molar refractivity (Wildman–Crippen MR) is 79.1 cm³/mol. The minimum atomic E-state index is 0.387. The first kappa shape index (κ1) is 14.8. The number of unbranched alkanes of at least 4 members (excludes halogenated alkanes) is 1. The van der Waals surface area contributed by atoms with Crippen molar-refractivity contribution < 1.29 is 4.79 Å². The molecule has 2 rings (SSSR count). The largest absolute Gasteiger partial charge is 0.342 e. The van der Waals surface area contributed by atoms with E-state index >= 15 is 0 Å². The smallest absolute Gasteiger partial charge is 0.225 e. The zero-order valence-electron chi connectivity index (χ0n) is 12.7. The summed E-state index contributed by atoms with van der Waals surface area (Å²) in [6, 6.07) is 1.31. The molecule has 1 N–H and O–H groups in total. The molecule has 1 heterocycles. The number of carbonyl (C=O) groups excluding carboxylic acids is 1. The van der Waals surface area contributed by atoms with Crippen LogP contribution in [0.3, 0.4) is 0 Å². The second-order valence-electron chi connectivity index (χ2n) is 6.29. The van der Waals surface area contributed by atoms with Gasteiger partial charge in [-0.2, -0.15) is 0 Å². The third-order valence-corrected chi connectivity index (χ3v) is 4.60. The highest BCUT2D eigenvalue weighted by atomic mass is 16.2. The van der Waals surface area contributed by atoms with E-state index in [9.17, 15) is 4.79 Å². The van der Waals surface area contributed by atoms with Crippen molar-refractivity contribution >= 4 is 5.91 Å². The zero-order valence-corrected chi connectivity index (χ0v) is 12.7. The van der Waals surface area contributed by atoms with Crippen molar-refractivity contribution in [2.24, 2.45) is 5.92 Å². The molecule has 0 aromatic heterocycles. The van der Waals surface area contributed by atoms with Gasteiger partial charge in [0.25, 0.3) is 0 Å². The number of carbonyl (C=O) groups is 1. The van der Waals surface area contributed by atoms with Crippen molar-refractivity contribution in [1.82, 2.24) is 10.2 Å². The number of piperidine rings is 1. The normalized spacial score (nSPS) is 22.5. The Hall–Kier alpha value is -0.570. The van der Waals surface area contributed by atoms with Crippen molar-refractivity contribution in [1.29, 1.82) is 0 Å². The molecule has 0 spiro atoms. The molecular formula is C16H30N2O. The number of amides is 1. The molecule has 0 aromatic carbocycles. The Labute approximate surface area is 118 Å². The zero-order chi connectivity index (χ0) is 13.7. The Balaban J connectivity index is 1.68. The highest BCUT2D eigenvalue weighted by Gasteiger charge is 2.34. The van der Waals surface area contributed by atoms with Crippen molar-refractivity contribution in [3.63, 3.8) is 0 Å². The van der Waals surface area contributed by atoms with E-state index in [1.165, 1.54) is 25.7 Å². The van der Waals surface area contributed by atoms with E-state index in [-0.39, 0.29) is 0 Å². The van der Waals surface area contributed by atoms with E-state index < -0.39 is 0 Å². The van der Waals surface area contributed by atoms with Crippen LogP contribution >= 0.6 is 0 Å². The van der Waals surface area contributed by atoms with Crippen molar-refractivity contribution in [3.8, 4) is 0 Å². The van der Waals surface area contributed by atoms with Crippen LogP contribution < -0.4 is 5.32 Å². The van der Waals surface area contributed by atoms with Gasteiger partial charge in [0.2, 0.25) is 5.91 Å². The molecule has 1 amide bonds. The van der Waals surface area contributed by atoms with Gasteiger partial charge < -0.3 is 10.2 Å². The average Bonchev–Trinajstić information content (AvgIpc) is 3.28. The number of nitrogens with zero attached hydrogens (tertiary/aromatic N) is 1. The summed E-state index contributed by atoms with van der Waals surface area (Å²) in [4.78, 5) is 14.1. The average molecular weight is 266 g/mol. The fourth-order valence-electron chi connectivity index (χ4n) is 3.04. The fourth-order valence-corrected chi connectivity index (χ4v) is 3.04. The molecule has 2 aliphatic rings. The van der Waals surface area contributed by atoms with Crippen LogP contribution in [0.25, 0.3) is 0 Å². The van der Waals surface area contributed by atoms with Crippen LogP contribution in [-0.2, 0) is 4.79 Å². The van der Waals surface area contributed by atoms with Gasteiger partial charge in [-0.1, -0.05) is 26.7 Å². The molecule has 1 saturated carbocycles. The molecule has 1 aliphatic carbocycles. The molecule has 1 unspecified atom stereocenters. The van der Waals surface area contributed by atoms with Gasteiger partial charge in [0.15, 0.2) is 0 Å². The molecule has 0 radical (unpaired) electrons. The number of nitrogens with one attached hydrogen (secondary N) is 1. The lowest BCUT2D eigenvalue weighted by Gasteiger charge is -2.34. The maximum Gasteiger partial charge on any atom is 0.225 e. The van der Waals surface area contributed by atoms with Gasteiger partial charge in [-0.05, 0) is 38.5 Å². The van der Waals surface area contributed by atoms with Crippen LogP contribution in [0, 0.1) is 5.92 Å². The van der Waals surface area contributed by atoms with E-state index in [1.54, 1.807) is 0 Å². The van der Waals surface area contributed by atoms with E-state index in [1.807, 2.05) is 0 Å². The number of rotatable bonds is 7. The molecule has 0 aromatic rings. The van der Waals surface area contributed by atoms with Crippen LogP contribution in [0.4, 0.5) is 0 Å². The lowest BCUT2D eigenvalue weighted by atomic mass is 10.0. The third kappa shape index (κ3) is 4.48. The summed E-state index contributed by atoms with van der Waals surface area (Å²) in [5.41, 5.74) is 0. The minimum Gasteiger partial charge on any atom is -0.342 e. The van der Waals surface area contributed by atoms with Crippen LogP contribution in [0.2, 0.25) is 0 Å². The van der Waals surface area contributed by atoms with E-state index in [0.717, 1.165) is 38.8 Å². The summed E-state index contributed by atoms with van der Waals surface area (Å²) in [5.74, 6) is 0.814. The minimum absolute atomic E-state index is 0.387. The number of hydrogen-bond acceptors (Lipinski definition) is 2. The second-order valence-corrected chi connectivity index (χ2v) is 6.29. The van der Waals surface area contributed by atoms with E-state index in [0.29, 0.717) is 23.9 Å². The van der Waals surface area contributed by atoms with Crippen molar-refractivity contribution in [3.05, 3.63) is 0 Å². The van der Waals surface area contributed by atoms with E-state index in [4.69, 9.17) is 0 Å². The Morgan fingerprint density at radius 3 is 2.42 bits per heavy atom. The van der Waals surface area contributed by atoms with Gasteiger partial charge in [0.1, 0.15) is 0 Å². The molecule has 0 bridgehead atoms. The fraction of sp³-hybridized carbons (Fsp3) is 0.938. The van der Waals surface area contributed by atoms with Gasteiger partial charge in [-0.15, -0.1) is 0 Å². The van der Waals surface area contributed by atoms with Crippen LogP contribution in [-0.4, -0.2) is 36.0 Å². The molecule has 19 heavy (non-hydrogen) atoms. The van der Waals surface area contributed by atoms with Crippen molar-refractivity contribution in [2.45, 2.75) is 77.3 Å². The quantitative estimate of drug-likeness (QED) is 0.768. The SMILES string of the molecule is CCCCC(CC)NC1CCN(C(=O)C2CC2)CC1. The Morgan fingerprint density at radius 2 is 1.89 bits per heavy atom. The summed E-state index contributed by atoms with van der Waals surface area (Å²) in [5, 5.41) is 3.81. The highest BCUT2D eigenvalue weighted by Crippen LogP contribution is 2.31. The maximum atomic E-state index is 12.0. The molecule has 110 valence electrons. The molecule has 1 aliphatic heterocycles. The third-order valence-electron chi connectivity index (χ3n) is 4.60. The predicted octanol–water partition coefficient (Wildman–Crippen LogP) is 2.95. The van der Waals surface area contributed by atoms with Gasteiger partial charge >= 0.3 is 0 Å². The van der Waals surface area contributed by atoms with Gasteiger partial charge in [-0.3, -0.25) is 4.79 Å². The molecule has 1 saturated heterocycles. The molecule has 1 atom stereocenters. The lowest BCUT2D eigenvalue weighted by Crippen LogP contribution is -2.48. The van der Waals surface area contributed by atoms with Crippen LogP contribution in [0.1, 0.15) is 65.2 Å². The topological polar surface area (TPSA) is 32.3 Å². The monoisotopic (exact) mass is 266 g/mol. The van der Waals surface area contributed by atoms with Gasteiger partial charge in [-0.25, -0.2) is 0 Å². The summed E-state index contributed by atoms with van der Waals surface area (Å²) in [6.07, 6.45) is 9.67. The van der Waals surface area contributed by atoms with Gasteiger partial charge in [0, 0.05) is 31.1 Å². The lowest BCUT2D eigenvalue weighted by molar-refractivity contribution is -0.133. The highest BCUT2D eigenvalue weighted by molar-refractivity contribution is 5.81. The maximum absolute atomic E-state index is 12.0. The van der Waals surface area contributed by atoms with Crippen LogP contribution in [0.5, 0.6) is 0 Å². The molecule has 3 nitrogen and oxygen atoms in total. The molecule has 3 heteroatoms. The number of hydrogen-bond donors (Lipinski definition) is 1. The number of likely N-dealkylation sites (tertiary alicyclic amines) is 1. The first-order chi connectivity index (χ1) is 9.24. The molecular weight excluding hydrogens is 236 g/mol. The van der Waals surface area contributed by atoms with Crippen LogP contribution in [0.15, 0.2) is 0 Å². The summed E-state index contributed by atoms with van der Waals surface area (Å²) in [7, 11) is 0.